The molecule has 1 atom stereocenters. The summed E-state index contributed by atoms with van der Waals surface area (Å²) in [7, 11) is 1.69. The summed E-state index contributed by atoms with van der Waals surface area (Å²) in [5, 5.41) is 6.43. The van der Waals surface area contributed by atoms with Gasteiger partial charge in [0.25, 0.3) is 5.91 Å². The lowest BCUT2D eigenvalue weighted by molar-refractivity contribution is 0.0773. The molecule has 31 heavy (non-hydrogen) atoms. The number of halogens is 2. The van der Waals surface area contributed by atoms with Crippen molar-refractivity contribution in [3.63, 3.8) is 0 Å². The Balaban J connectivity index is 0.00000480. The van der Waals surface area contributed by atoms with Gasteiger partial charge in [-0.05, 0) is 50.6 Å². The van der Waals surface area contributed by atoms with Crippen molar-refractivity contribution in [2.45, 2.75) is 33.4 Å². The maximum absolute atomic E-state index is 13.2. The number of benzene rings is 2. The van der Waals surface area contributed by atoms with Gasteiger partial charge in [-0.1, -0.05) is 18.2 Å². The first-order valence-corrected chi connectivity index (χ1v) is 10.2. The standard InChI is InChI=1S/C23H31FN4O2.HI/c1-5-28(6-2)22(29)19-12-10-18(11-13-19)16-27-23(25-4)26-15-17(3)30-21-9-7-8-20(24)14-21;/h7-14,17H,5-6,15-16H2,1-4H3,(H2,25,26,27);1H. The maximum Gasteiger partial charge on any atom is 0.253 e. The number of hydrogen-bond acceptors (Lipinski definition) is 3. The van der Waals surface area contributed by atoms with E-state index >= 15 is 0 Å². The summed E-state index contributed by atoms with van der Waals surface area (Å²) in [6.07, 6.45) is -0.171. The van der Waals surface area contributed by atoms with E-state index in [1.807, 2.05) is 45.0 Å². The molecule has 0 bridgehead atoms. The van der Waals surface area contributed by atoms with Crippen molar-refractivity contribution >= 4 is 35.8 Å². The van der Waals surface area contributed by atoms with E-state index in [4.69, 9.17) is 4.74 Å². The van der Waals surface area contributed by atoms with Crippen LogP contribution in [0, 0.1) is 5.82 Å². The number of amides is 1. The topological polar surface area (TPSA) is 66.0 Å². The predicted octanol–water partition coefficient (Wildman–Crippen LogP) is 4.06. The number of carbonyl (C=O) groups excluding carboxylic acids is 1. The summed E-state index contributed by atoms with van der Waals surface area (Å²) in [4.78, 5) is 18.4. The Morgan fingerprint density at radius 3 is 2.39 bits per heavy atom. The van der Waals surface area contributed by atoms with Gasteiger partial charge < -0.3 is 20.3 Å². The van der Waals surface area contributed by atoms with Crippen LogP contribution in [0.5, 0.6) is 5.75 Å². The third-order valence-electron chi connectivity index (χ3n) is 4.63. The fourth-order valence-electron chi connectivity index (χ4n) is 2.92. The van der Waals surface area contributed by atoms with Crippen LogP contribution >= 0.6 is 24.0 Å². The van der Waals surface area contributed by atoms with E-state index in [1.165, 1.54) is 12.1 Å². The Morgan fingerprint density at radius 2 is 1.81 bits per heavy atom. The Kier molecular flexibility index (Phi) is 11.9. The molecule has 0 aliphatic carbocycles. The Labute approximate surface area is 201 Å². The molecule has 0 aromatic heterocycles. The molecule has 0 aliphatic rings. The lowest BCUT2D eigenvalue weighted by Crippen LogP contribution is -2.41. The SMILES string of the molecule is CCN(CC)C(=O)c1ccc(CNC(=NC)NCC(C)Oc2cccc(F)c2)cc1.I. The molecule has 0 heterocycles. The first-order chi connectivity index (χ1) is 14.5. The minimum atomic E-state index is -0.324. The Hall–Kier alpha value is -2.36. The molecule has 1 unspecified atom stereocenters. The third kappa shape index (κ3) is 8.72. The van der Waals surface area contributed by atoms with Crippen molar-refractivity contribution in [2.75, 3.05) is 26.7 Å². The van der Waals surface area contributed by atoms with Gasteiger partial charge in [0.2, 0.25) is 0 Å². The smallest absolute Gasteiger partial charge is 0.253 e. The quantitative estimate of drug-likeness (QED) is 0.285. The lowest BCUT2D eigenvalue weighted by Gasteiger charge is -2.19. The zero-order chi connectivity index (χ0) is 21.9. The highest BCUT2D eigenvalue weighted by Crippen LogP contribution is 2.13. The molecule has 2 rings (SSSR count). The van der Waals surface area contributed by atoms with E-state index in [1.54, 1.807) is 24.1 Å². The number of carbonyl (C=O) groups is 1. The molecule has 8 heteroatoms. The minimum Gasteiger partial charge on any atom is -0.489 e. The molecule has 0 aliphatic heterocycles. The van der Waals surface area contributed by atoms with Gasteiger partial charge in [0.05, 0.1) is 6.54 Å². The molecule has 0 spiro atoms. The second-order valence-electron chi connectivity index (χ2n) is 6.87. The van der Waals surface area contributed by atoms with Crippen LogP contribution < -0.4 is 15.4 Å². The van der Waals surface area contributed by atoms with Crippen LogP contribution in [0.25, 0.3) is 0 Å². The second-order valence-corrected chi connectivity index (χ2v) is 6.87. The van der Waals surface area contributed by atoms with Gasteiger partial charge >= 0.3 is 0 Å². The molecule has 2 N–H and O–H groups in total. The average Bonchev–Trinajstić information content (AvgIpc) is 2.75. The van der Waals surface area contributed by atoms with Crippen LogP contribution in [-0.2, 0) is 6.54 Å². The van der Waals surface area contributed by atoms with Crippen LogP contribution in [0.3, 0.4) is 0 Å². The Morgan fingerprint density at radius 1 is 1.13 bits per heavy atom. The predicted molar refractivity (Wildman–Crippen MR) is 134 cm³/mol. The van der Waals surface area contributed by atoms with Gasteiger partial charge in [0, 0.05) is 38.3 Å². The van der Waals surface area contributed by atoms with Gasteiger partial charge in [-0.3, -0.25) is 9.79 Å². The summed E-state index contributed by atoms with van der Waals surface area (Å²) in [5.74, 6) is 0.846. The van der Waals surface area contributed by atoms with Crippen molar-refractivity contribution in [3.05, 3.63) is 65.5 Å². The van der Waals surface area contributed by atoms with Gasteiger partial charge in [-0.15, -0.1) is 24.0 Å². The molecular weight excluding hydrogens is 510 g/mol. The summed E-state index contributed by atoms with van der Waals surface area (Å²) < 4.78 is 19.0. The van der Waals surface area contributed by atoms with Crippen molar-refractivity contribution in [2.24, 2.45) is 4.99 Å². The summed E-state index contributed by atoms with van der Waals surface area (Å²) in [6, 6.07) is 13.7. The van der Waals surface area contributed by atoms with Gasteiger partial charge in [-0.2, -0.15) is 0 Å². The zero-order valence-corrected chi connectivity index (χ0v) is 20.9. The van der Waals surface area contributed by atoms with E-state index in [0.717, 1.165) is 5.56 Å². The molecule has 0 fully saturated rings. The van der Waals surface area contributed by atoms with Gasteiger partial charge in [0.1, 0.15) is 17.7 Å². The largest absolute Gasteiger partial charge is 0.489 e. The van der Waals surface area contributed by atoms with Crippen molar-refractivity contribution in [1.82, 2.24) is 15.5 Å². The molecule has 0 saturated heterocycles. The molecule has 2 aromatic rings. The van der Waals surface area contributed by atoms with Crippen LogP contribution in [0.4, 0.5) is 4.39 Å². The average molecular weight is 542 g/mol. The lowest BCUT2D eigenvalue weighted by atomic mass is 10.1. The highest BCUT2D eigenvalue weighted by atomic mass is 127. The zero-order valence-electron chi connectivity index (χ0n) is 18.5. The molecule has 0 radical (unpaired) electrons. The number of hydrogen-bond donors (Lipinski definition) is 2. The molecular formula is C23H32FIN4O2. The monoisotopic (exact) mass is 542 g/mol. The van der Waals surface area contributed by atoms with E-state index in [-0.39, 0.29) is 41.8 Å². The summed E-state index contributed by atoms with van der Waals surface area (Å²) >= 11 is 0. The normalized spacial score (nSPS) is 11.8. The molecule has 2 aromatic carbocycles. The summed E-state index contributed by atoms with van der Waals surface area (Å²) in [6.45, 7) is 8.32. The number of ether oxygens (including phenoxy) is 1. The molecule has 6 nitrogen and oxygen atoms in total. The van der Waals surface area contributed by atoms with Crippen molar-refractivity contribution in [3.8, 4) is 5.75 Å². The fraction of sp³-hybridized carbons (Fsp3) is 0.391. The van der Waals surface area contributed by atoms with Crippen molar-refractivity contribution in [1.29, 1.82) is 0 Å². The fourth-order valence-corrected chi connectivity index (χ4v) is 2.92. The van der Waals surface area contributed by atoms with Crippen LogP contribution in [0.1, 0.15) is 36.7 Å². The maximum atomic E-state index is 13.2. The minimum absolute atomic E-state index is 0. The van der Waals surface area contributed by atoms with Crippen molar-refractivity contribution < 1.29 is 13.9 Å². The van der Waals surface area contributed by atoms with E-state index in [9.17, 15) is 9.18 Å². The number of guanidine groups is 1. The summed E-state index contributed by atoms with van der Waals surface area (Å²) in [5.41, 5.74) is 1.73. The number of nitrogens with one attached hydrogen (secondary N) is 2. The van der Waals surface area contributed by atoms with E-state index in [0.29, 0.717) is 43.5 Å². The number of rotatable bonds is 9. The highest BCUT2D eigenvalue weighted by Gasteiger charge is 2.12. The molecule has 170 valence electrons. The van der Waals surface area contributed by atoms with Gasteiger partial charge in [-0.25, -0.2) is 4.39 Å². The number of nitrogens with zero attached hydrogens (tertiary/aromatic N) is 2. The highest BCUT2D eigenvalue weighted by molar-refractivity contribution is 14.0. The van der Waals surface area contributed by atoms with Gasteiger partial charge in [0.15, 0.2) is 5.96 Å². The number of aliphatic imine (C=N–C) groups is 1. The first-order valence-electron chi connectivity index (χ1n) is 10.2. The third-order valence-corrected chi connectivity index (χ3v) is 4.63. The first kappa shape index (κ1) is 26.7. The van der Waals surface area contributed by atoms with Crippen LogP contribution in [-0.4, -0.2) is 49.6 Å². The second kappa shape index (κ2) is 13.8. The van der Waals surface area contributed by atoms with Crippen LogP contribution in [0.15, 0.2) is 53.5 Å². The van der Waals surface area contributed by atoms with Crippen LogP contribution in [0.2, 0.25) is 0 Å². The van der Waals surface area contributed by atoms with E-state index < -0.39 is 0 Å². The van der Waals surface area contributed by atoms with E-state index in [2.05, 4.69) is 15.6 Å². The molecule has 0 saturated carbocycles. The molecule has 1 amide bonds. The Bertz CT molecular complexity index is 842.